The van der Waals surface area contributed by atoms with Crippen molar-refractivity contribution in [3.63, 3.8) is 0 Å². The van der Waals surface area contributed by atoms with Gasteiger partial charge < -0.3 is 4.74 Å². The van der Waals surface area contributed by atoms with E-state index in [1.165, 1.54) is 0 Å². The monoisotopic (exact) mass is 182 g/mol. The van der Waals surface area contributed by atoms with Crippen LogP contribution in [0.3, 0.4) is 0 Å². The van der Waals surface area contributed by atoms with Gasteiger partial charge in [-0.25, -0.2) is 0 Å². The normalized spacial score (nSPS) is 12.8. The molecule has 0 aromatic carbocycles. The van der Waals surface area contributed by atoms with Gasteiger partial charge in [0.15, 0.2) is 0 Å². The standard InChI is InChI=1S/C11H18O2/c1-4-6-7-8-9-10(3)13-11(12)5-2/h4,6-7,10H,1,5,8-9H2,2-3H3. The van der Waals surface area contributed by atoms with Crippen molar-refractivity contribution in [1.29, 1.82) is 0 Å². The van der Waals surface area contributed by atoms with Crippen LogP contribution in [0.2, 0.25) is 0 Å². The molecule has 0 radical (unpaired) electrons. The molecule has 0 aliphatic carbocycles. The van der Waals surface area contributed by atoms with Gasteiger partial charge in [0.2, 0.25) is 0 Å². The van der Waals surface area contributed by atoms with Gasteiger partial charge in [0.1, 0.15) is 0 Å². The fourth-order valence-corrected chi connectivity index (χ4v) is 0.890. The molecule has 0 amide bonds. The number of esters is 1. The van der Waals surface area contributed by atoms with E-state index in [2.05, 4.69) is 6.58 Å². The minimum Gasteiger partial charge on any atom is -0.463 e. The molecule has 0 aliphatic heterocycles. The number of rotatable bonds is 6. The number of allylic oxidation sites excluding steroid dienone is 3. The highest BCUT2D eigenvalue weighted by Gasteiger charge is 2.05. The van der Waals surface area contributed by atoms with Crippen LogP contribution in [-0.4, -0.2) is 12.1 Å². The fourth-order valence-electron chi connectivity index (χ4n) is 0.890. The first kappa shape index (κ1) is 11.9. The van der Waals surface area contributed by atoms with E-state index in [9.17, 15) is 4.79 Å². The third kappa shape index (κ3) is 7.32. The van der Waals surface area contributed by atoms with Crippen molar-refractivity contribution >= 4 is 5.97 Å². The fraction of sp³-hybridized carbons (Fsp3) is 0.545. The molecular formula is C11H18O2. The first-order chi connectivity index (χ1) is 6.20. The van der Waals surface area contributed by atoms with Crippen LogP contribution in [-0.2, 0) is 9.53 Å². The van der Waals surface area contributed by atoms with Crippen molar-refractivity contribution in [3.8, 4) is 0 Å². The molecule has 0 bridgehead atoms. The topological polar surface area (TPSA) is 26.3 Å². The van der Waals surface area contributed by atoms with E-state index >= 15 is 0 Å². The van der Waals surface area contributed by atoms with E-state index in [0.717, 1.165) is 12.8 Å². The lowest BCUT2D eigenvalue weighted by Crippen LogP contribution is -2.13. The van der Waals surface area contributed by atoms with Gasteiger partial charge in [0.05, 0.1) is 6.10 Å². The lowest BCUT2D eigenvalue weighted by atomic mass is 10.2. The van der Waals surface area contributed by atoms with E-state index in [0.29, 0.717) is 6.42 Å². The van der Waals surface area contributed by atoms with Crippen LogP contribution in [0.15, 0.2) is 24.8 Å². The second kappa shape index (κ2) is 7.59. The molecule has 2 nitrogen and oxygen atoms in total. The zero-order valence-corrected chi connectivity index (χ0v) is 8.45. The third-order valence-electron chi connectivity index (χ3n) is 1.63. The minimum absolute atomic E-state index is 0.0157. The average Bonchev–Trinajstić information content (AvgIpc) is 2.12. The molecule has 0 N–H and O–H groups in total. The first-order valence-corrected chi connectivity index (χ1v) is 4.67. The molecule has 1 atom stereocenters. The molecule has 0 rings (SSSR count). The molecule has 1 unspecified atom stereocenters. The predicted molar refractivity (Wildman–Crippen MR) is 54.4 cm³/mol. The Morgan fingerprint density at radius 2 is 2.31 bits per heavy atom. The number of hydrogen-bond donors (Lipinski definition) is 0. The summed E-state index contributed by atoms with van der Waals surface area (Å²) in [5, 5.41) is 0. The van der Waals surface area contributed by atoms with Gasteiger partial charge in [-0.2, -0.15) is 0 Å². The zero-order valence-electron chi connectivity index (χ0n) is 8.45. The van der Waals surface area contributed by atoms with Crippen LogP contribution in [0, 0.1) is 0 Å². The Kier molecular flexibility index (Phi) is 6.98. The van der Waals surface area contributed by atoms with E-state index < -0.39 is 0 Å². The minimum atomic E-state index is -0.125. The molecule has 0 saturated heterocycles. The van der Waals surface area contributed by atoms with Crippen LogP contribution in [0.5, 0.6) is 0 Å². The summed E-state index contributed by atoms with van der Waals surface area (Å²) in [6.07, 6.45) is 7.91. The lowest BCUT2D eigenvalue weighted by molar-refractivity contribution is -0.148. The molecule has 13 heavy (non-hydrogen) atoms. The van der Waals surface area contributed by atoms with Gasteiger partial charge in [0.25, 0.3) is 0 Å². The Morgan fingerprint density at radius 3 is 2.85 bits per heavy atom. The largest absolute Gasteiger partial charge is 0.463 e. The summed E-state index contributed by atoms with van der Waals surface area (Å²) in [5.41, 5.74) is 0. The Labute approximate surface area is 80.3 Å². The summed E-state index contributed by atoms with van der Waals surface area (Å²) in [5.74, 6) is -0.125. The smallest absolute Gasteiger partial charge is 0.305 e. The Morgan fingerprint density at radius 1 is 1.62 bits per heavy atom. The number of ether oxygens (including phenoxy) is 1. The van der Waals surface area contributed by atoms with Crippen molar-refractivity contribution in [3.05, 3.63) is 24.8 Å². The van der Waals surface area contributed by atoms with Crippen LogP contribution in [0.25, 0.3) is 0 Å². The van der Waals surface area contributed by atoms with Gasteiger partial charge in [0, 0.05) is 6.42 Å². The molecule has 2 heteroatoms. The van der Waals surface area contributed by atoms with Crippen molar-refractivity contribution in [2.75, 3.05) is 0 Å². The van der Waals surface area contributed by atoms with Crippen molar-refractivity contribution in [2.45, 2.75) is 39.2 Å². The summed E-state index contributed by atoms with van der Waals surface area (Å²) in [7, 11) is 0. The molecule has 74 valence electrons. The van der Waals surface area contributed by atoms with E-state index in [4.69, 9.17) is 4.74 Å². The quantitative estimate of drug-likeness (QED) is 0.466. The Bertz CT molecular complexity index is 183. The van der Waals surface area contributed by atoms with Crippen molar-refractivity contribution < 1.29 is 9.53 Å². The van der Waals surface area contributed by atoms with Crippen molar-refractivity contribution in [2.24, 2.45) is 0 Å². The summed E-state index contributed by atoms with van der Waals surface area (Å²) in [4.78, 5) is 10.9. The second-order valence-electron chi connectivity index (χ2n) is 2.90. The number of hydrogen-bond acceptors (Lipinski definition) is 2. The summed E-state index contributed by atoms with van der Waals surface area (Å²) >= 11 is 0. The van der Waals surface area contributed by atoms with Crippen LogP contribution in [0.1, 0.15) is 33.1 Å². The number of carbonyl (C=O) groups is 1. The first-order valence-electron chi connectivity index (χ1n) is 4.67. The van der Waals surface area contributed by atoms with Gasteiger partial charge >= 0.3 is 5.97 Å². The predicted octanol–water partition coefficient (Wildman–Crippen LogP) is 2.85. The maximum Gasteiger partial charge on any atom is 0.305 e. The highest BCUT2D eigenvalue weighted by Crippen LogP contribution is 2.03. The van der Waals surface area contributed by atoms with Gasteiger partial charge in [-0.15, -0.1) is 0 Å². The Balaban J connectivity index is 3.50. The second-order valence-corrected chi connectivity index (χ2v) is 2.90. The molecule has 0 aromatic rings. The summed E-state index contributed by atoms with van der Waals surface area (Å²) < 4.78 is 5.08. The molecular weight excluding hydrogens is 164 g/mol. The van der Waals surface area contributed by atoms with E-state index in [-0.39, 0.29) is 12.1 Å². The zero-order chi connectivity index (χ0) is 10.1. The highest BCUT2D eigenvalue weighted by molar-refractivity contribution is 5.69. The molecule has 0 heterocycles. The van der Waals surface area contributed by atoms with Gasteiger partial charge in [-0.1, -0.05) is 31.7 Å². The van der Waals surface area contributed by atoms with Crippen LogP contribution >= 0.6 is 0 Å². The lowest BCUT2D eigenvalue weighted by Gasteiger charge is -2.10. The third-order valence-corrected chi connectivity index (χ3v) is 1.63. The maximum absolute atomic E-state index is 10.9. The highest BCUT2D eigenvalue weighted by atomic mass is 16.5. The summed E-state index contributed by atoms with van der Waals surface area (Å²) in [6, 6.07) is 0. The average molecular weight is 182 g/mol. The van der Waals surface area contributed by atoms with Crippen LogP contribution < -0.4 is 0 Å². The van der Waals surface area contributed by atoms with E-state index in [1.54, 1.807) is 13.0 Å². The maximum atomic E-state index is 10.9. The van der Waals surface area contributed by atoms with Gasteiger partial charge in [-0.05, 0) is 19.8 Å². The summed E-state index contributed by atoms with van der Waals surface area (Å²) in [6.45, 7) is 7.28. The van der Waals surface area contributed by atoms with Crippen molar-refractivity contribution in [1.82, 2.24) is 0 Å². The Hall–Kier alpha value is -1.05. The molecule has 0 aromatic heterocycles. The van der Waals surface area contributed by atoms with Crippen LogP contribution in [0.4, 0.5) is 0 Å². The molecule has 0 fully saturated rings. The number of carbonyl (C=O) groups excluding carboxylic acids is 1. The van der Waals surface area contributed by atoms with E-state index in [1.807, 2.05) is 19.1 Å². The van der Waals surface area contributed by atoms with Gasteiger partial charge in [-0.3, -0.25) is 4.79 Å². The molecule has 0 saturated carbocycles. The molecule has 0 aliphatic rings. The SMILES string of the molecule is C=CC=CCCC(C)OC(=O)CC. The molecule has 0 spiro atoms.